The average Bonchev–Trinajstić information content (AvgIpc) is 2.60. The van der Waals surface area contributed by atoms with Crippen molar-refractivity contribution < 1.29 is 10.2 Å². The predicted octanol–water partition coefficient (Wildman–Crippen LogP) is 2.46. The van der Waals surface area contributed by atoms with Gasteiger partial charge in [-0.1, -0.05) is 15.9 Å². The third kappa shape index (κ3) is 1.72. The second-order valence-corrected chi connectivity index (χ2v) is 5.01. The summed E-state index contributed by atoms with van der Waals surface area (Å²) in [4.78, 5) is 0. The summed E-state index contributed by atoms with van der Waals surface area (Å²) in [5.74, 6) is -0.0931. The zero-order valence-electron chi connectivity index (χ0n) is 8.55. The molecule has 0 spiro atoms. The fourth-order valence-electron chi connectivity index (χ4n) is 2.19. The third-order valence-corrected chi connectivity index (χ3v) is 3.69. The van der Waals surface area contributed by atoms with E-state index in [-0.39, 0.29) is 17.0 Å². The monoisotopic (exact) mass is 271 g/mol. The van der Waals surface area contributed by atoms with Crippen molar-refractivity contribution >= 4 is 15.9 Å². The Morgan fingerprint density at radius 1 is 1.40 bits per heavy atom. The molecule has 1 atom stereocenters. The number of hydrogen-bond acceptors (Lipinski definition) is 3. The van der Waals surface area contributed by atoms with Crippen LogP contribution in [-0.4, -0.2) is 16.8 Å². The largest absolute Gasteiger partial charge is 0.504 e. The summed E-state index contributed by atoms with van der Waals surface area (Å²) < 4.78 is 0.828. The average molecular weight is 272 g/mol. The summed E-state index contributed by atoms with van der Waals surface area (Å²) in [5, 5.41) is 22.7. The molecule has 3 N–H and O–H groups in total. The van der Waals surface area contributed by atoms with Crippen molar-refractivity contribution in [2.75, 3.05) is 6.54 Å². The van der Waals surface area contributed by atoms with Gasteiger partial charge in [0.2, 0.25) is 0 Å². The summed E-state index contributed by atoms with van der Waals surface area (Å²) >= 11 is 3.42. The fraction of sp³-hybridized carbons (Fsp3) is 0.455. The van der Waals surface area contributed by atoms with Crippen molar-refractivity contribution in [2.45, 2.75) is 25.3 Å². The van der Waals surface area contributed by atoms with Crippen LogP contribution in [0.2, 0.25) is 0 Å². The molecule has 15 heavy (non-hydrogen) atoms. The highest BCUT2D eigenvalue weighted by atomic mass is 79.9. The number of aromatic hydroxyl groups is 2. The number of hydrogen-bond donors (Lipinski definition) is 3. The minimum atomic E-state index is -0.248. The Morgan fingerprint density at radius 2 is 2.13 bits per heavy atom. The van der Waals surface area contributed by atoms with Crippen LogP contribution < -0.4 is 5.32 Å². The van der Waals surface area contributed by atoms with Gasteiger partial charge >= 0.3 is 0 Å². The van der Waals surface area contributed by atoms with Gasteiger partial charge in [-0.05, 0) is 38.4 Å². The molecule has 1 saturated heterocycles. The molecule has 1 heterocycles. The van der Waals surface area contributed by atoms with E-state index in [9.17, 15) is 10.2 Å². The third-order valence-electron chi connectivity index (χ3n) is 3.03. The number of halogens is 1. The summed E-state index contributed by atoms with van der Waals surface area (Å²) in [6.45, 7) is 2.98. The van der Waals surface area contributed by atoms with Crippen LogP contribution in [0.3, 0.4) is 0 Å². The SMILES string of the molecule is CC1(c2c(Br)ccc(O)c2O)CCCN1. The van der Waals surface area contributed by atoms with E-state index in [2.05, 4.69) is 21.2 Å². The normalized spacial score (nSPS) is 25.7. The minimum absolute atomic E-state index is 0.0266. The Hall–Kier alpha value is -0.740. The predicted molar refractivity (Wildman–Crippen MR) is 62.1 cm³/mol. The quantitative estimate of drug-likeness (QED) is 0.688. The van der Waals surface area contributed by atoms with Crippen molar-refractivity contribution in [2.24, 2.45) is 0 Å². The van der Waals surface area contributed by atoms with E-state index < -0.39 is 0 Å². The van der Waals surface area contributed by atoms with E-state index in [1.54, 1.807) is 6.07 Å². The number of nitrogens with one attached hydrogen (secondary N) is 1. The molecule has 0 saturated carbocycles. The Labute approximate surface area is 97.3 Å². The zero-order valence-corrected chi connectivity index (χ0v) is 10.1. The second-order valence-electron chi connectivity index (χ2n) is 4.15. The van der Waals surface area contributed by atoms with Crippen LogP contribution in [0, 0.1) is 0 Å². The van der Waals surface area contributed by atoms with Gasteiger partial charge in [-0.15, -0.1) is 0 Å². The van der Waals surface area contributed by atoms with Gasteiger partial charge in [-0.25, -0.2) is 0 Å². The highest BCUT2D eigenvalue weighted by Gasteiger charge is 2.35. The fourth-order valence-corrected chi connectivity index (χ4v) is 2.95. The molecule has 1 aliphatic heterocycles. The molecule has 0 radical (unpaired) electrons. The van der Waals surface area contributed by atoms with E-state index >= 15 is 0 Å². The minimum Gasteiger partial charge on any atom is -0.504 e. The Morgan fingerprint density at radius 3 is 2.73 bits per heavy atom. The van der Waals surface area contributed by atoms with E-state index in [0.717, 1.165) is 29.4 Å². The van der Waals surface area contributed by atoms with Crippen LogP contribution >= 0.6 is 15.9 Å². The van der Waals surface area contributed by atoms with Crippen LogP contribution in [0.4, 0.5) is 0 Å². The molecule has 0 bridgehead atoms. The Bertz CT molecular complexity index is 386. The van der Waals surface area contributed by atoms with Gasteiger partial charge in [0.1, 0.15) is 0 Å². The summed E-state index contributed by atoms with van der Waals surface area (Å²) in [7, 11) is 0. The van der Waals surface area contributed by atoms with Gasteiger partial charge in [0, 0.05) is 15.6 Å². The molecule has 1 unspecified atom stereocenters. The lowest BCUT2D eigenvalue weighted by Gasteiger charge is -2.27. The van der Waals surface area contributed by atoms with Gasteiger partial charge in [0.05, 0.1) is 0 Å². The first kappa shape index (κ1) is 10.8. The number of rotatable bonds is 1. The molecule has 0 aromatic heterocycles. The van der Waals surface area contributed by atoms with Crippen LogP contribution in [0.1, 0.15) is 25.3 Å². The molecule has 2 rings (SSSR count). The Kier molecular flexibility index (Phi) is 2.64. The van der Waals surface area contributed by atoms with E-state index in [0.29, 0.717) is 0 Å². The van der Waals surface area contributed by atoms with E-state index in [4.69, 9.17) is 0 Å². The molecule has 0 amide bonds. The standard InChI is InChI=1S/C11H14BrNO2/c1-11(5-2-6-13-11)9-7(12)3-4-8(14)10(9)15/h3-4,13-15H,2,5-6H2,1H3. The topological polar surface area (TPSA) is 52.5 Å². The van der Waals surface area contributed by atoms with Gasteiger partial charge < -0.3 is 15.5 Å². The molecular weight excluding hydrogens is 258 g/mol. The number of benzene rings is 1. The van der Waals surface area contributed by atoms with Crippen LogP contribution in [0.5, 0.6) is 11.5 Å². The van der Waals surface area contributed by atoms with Gasteiger partial charge in [-0.3, -0.25) is 0 Å². The van der Waals surface area contributed by atoms with Gasteiger partial charge in [0.15, 0.2) is 11.5 Å². The number of phenols is 2. The summed E-state index contributed by atoms with van der Waals surface area (Å²) in [6.07, 6.45) is 2.04. The van der Waals surface area contributed by atoms with Crippen molar-refractivity contribution in [1.29, 1.82) is 0 Å². The maximum Gasteiger partial charge on any atom is 0.163 e. The lowest BCUT2D eigenvalue weighted by atomic mass is 9.89. The van der Waals surface area contributed by atoms with Crippen LogP contribution in [0.15, 0.2) is 16.6 Å². The van der Waals surface area contributed by atoms with E-state index in [1.165, 1.54) is 6.07 Å². The molecular formula is C11H14BrNO2. The van der Waals surface area contributed by atoms with Gasteiger partial charge in [-0.2, -0.15) is 0 Å². The van der Waals surface area contributed by atoms with Crippen molar-refractivity contribution in [3.05, 3.63) is 22.2 Å². The van der Waals surface area contributed by atoms with Crippen LogP contribution in [0.25, 0.3) is 0 Å². The highest BCUT2D eigenvalue weighted by Crippen LogP contribution is 2.44. The second kappa shape index (κ2) is 3.68. The van der Waals surface area contributed by atoms with Crippen molar-refractivity contribution in [1.82, 2.24) is 5.32 Å². The first-order valence-electron chi connectivity index (χ1n) is 5.00. The molecule has 1 aromatic rings. The van der Waals surface area contributed by atoms with Gasteiger partial charge in [0.25, 0.3) is 0 Å². The molecule has 4 heteroatoms. The summed E-state index contributed by atoms with van der Waals surface area (Å²) in [5.41, 5.74) is 0.502. The molecule has 1 fully saturated rings. The molecule has 1 aliphatic rings. The molecule has 1 aromatic carbocycles. The van der Waals surface area contributed by atoms with Crippen LogP contribution in [-0.2, 0) is 5.54 Å². The van der Waals surface area contributed by atoms with E-state index in [1.807, 2.05) is 6.92 Å². The lowest BCUT2D eigenvalue weighted by Crippen LogP contribution is -2.33. The summed E-state index contributed by atoms with van der Waals surface area (Å²) in [6, 6.07) is 3.25. The molecule has 3 nitrogen and oxygen atoms in total. The Balaban J connectivity index is 2.55. The maximum atomic E-state index is 9.88. The van der Waals surface area contributed by atoms with Crippen molar-refractivity contribution in [3.8, 4) is 11.5 Å². The first-order valence-corrected chi connectivity index (χ1v) is 5.80. The zero-order chi connectivity index (χ0) is 11.1. The maximum absolute atomic E-state index is 9.88. The lowest BCUT2D eigenvalue weighted by molar-refractivity contribution is 0.364. The smallest absolute Gasteiger partial charge is 0.163 e. The molecule has 0 aliphatic carbocycles. The molecule has 82 valence electrons. The first-order chi connectivity index (χ1) is 7.04. The van der Waals surface area contributed by atoms with Crippen molar-refractivity contribution in [3.63, 3.8) is 0 Å². The number of phenolic OH excluding ortho intramolecular Hbond substituents is 2. The highest BCUT2D eigenvalue weighted by molar-refractivity contribution is 9.10.